The van der Waals surface area contributed by atoms with Gasteiger partial charge in [-0.3, -0.25) is 0 Å². The topological polar surface area (TPSA) is 72.8 Å². The van der Waals surface area contributed by atoms with E-state index in [2.05, 4.69) is 0 Å². The summed E-state index contributed by atoms with van der Waals surface area (Å²) in [5.41, 5.74) is 0.512. The smallest absolute Gasteiger partial charge is 0.348 e. The van der Waals surface area contributed by atoms with E-state index >= 15 is 0 Å². The Bertz CT molecular complexity index is 621. The van der Waals surface area contributed by atoms with Crippen molar-refractivity contribution in [3.05, 3.63) is 32.9 Å². The summed E-state index contributed by atoms with van der Waals surface area (Å²) < 4.78 is 11.3. The van der Waals surface area contributed by atoms with Crippen LogP contribution >= 0.6 is 22.6 Å². The third kappa shape index (κ3) is 2.76. The predicted molar refractivity (Wildman–Crippen MR) is 82.2 cm³/mol. The number of aromatic hydroxyl groups is 1. The fourth-order valence-corrected chi connectivity index (χ4v) is 3.11. The van der Waals surface area contributed by atoms with E-state index in [0.29, 0.717) is 22.0 Å². The highest BCUT2D eigenvalue weighted by Gasteiger charge is 2.47. The first kappa shape index (κ1) is 14.4. The number of ether oxygens (including phenoxy) is 2. The fourth-order valence-electron chi connectivity index (χ4n) is 2.57. The molecule has 0 atom stereocenters. The summed E-state index contributed by atoms with van der Waals surface area (Å²) in [5, 5.41) is 9.48. The fraction of sp³-hybridized carbons (Fsp3) is 0.333. The van der Waals surface area contributed by atoms with Crippen molar-refractivity contribution in [3.8, 4) is 5.75 Å². The molecule has 1 heterocycles. The van der Waals surface area contributed by atoms with Crippen LogP contribution < -0.4 is 0 Å². The highest BCUT2D eigenvalue weighted by Crippen LogP contribution is 2.38. The Morgan fingerprint density at radius 1 is 1.14 bits per heavy atom. The lowest BCUT2D eigenvalue weighted by atomic mass is 10.1. The van der Waals surface area contributed by atoms with Crippen molar-refractivity contribution in [2.75, 3.05) is 0 Å². The minimum absolute atomic E-state index is 0.117. The zero-order valence-corrected chi connectivity index (χ0v) is 13.3. The van der Waals surface area contributed by atoms with E-state index in [4.69, 9.17) is 9.47 Å². The van der Waals surface area contributed by atoms with Crippen LogP contribution in [0.2, 0.25) is 0 Å². The van der Waals surface area contributed by atoms with E-state index in [9.17, 15) is 14.7 Å². The van der Waals surface area contributed by atoms with E-state index in [1.165, 1.54) is 12.1 Å². The van der Waals surface area contributed by atoms with Crippen LogP contribution in [0.1, 0.15) is 31.2 Å². The molecule has 2 aliphatic rings. The van der Waals surface area contributed by atoms with Crippen LogP contribution in [0.5, 0.6) is 5.75 Å². The Labute approximate surface area is 135 Å². The van der Waals surface area contributed by atoms with Crippen LogP contribution in [0.4, 0.5) is 0 Å². The normalized spacial score (nSPS) is 20.3. The zero-order valence-electron chi connectivity index (χ0n) is 11.1. The number of carbonyl (C=O) groups excluding carboxylic acids is 2. The lowest BCUT2D eigenvalue weighted by molar-refractivity contribution is -0.232. The van der Waals surface area contributed by atoms with Gasteiger partial charge in [-0.05, 0) is 59.2 Å². The van der Waals surface area contributed by atoms with Crippen molar-refractivity contribution in [2.24, 2.45) is 0 Å². The third-order valence-electron chi connectivity index (χ3n) is 3.65. The van der Waals surface area contributed by atoms with Gasteiger partial charge < -0.3 is 14.6 Å². The molecular formula is C15H13IO5. The number of phenolic OH excluding ortho intramolecular Hbond substituents is 1. The Hall–Kier alpha value is -1.57. The van der Waals surface area contributed by atoms with Gasteiger partial charge in [0.1, 0.15) is 11.3 Å². The number of benzene rings is 1. The first-order valence-electron chi connectivity index (χ1n) is 6.66. The number of hydrogen-bond donors (Lipinski definition) is 1. The molecule has 1 aromatic rings. The summed E-state index contributed by atoms with van der Waals surface area (Å²) in [7, 11) is 0. The van der Waals surface area contributed by atoms with E-state index < -0.39 is 17.7 Å². The molecule has 5 nitrogen and oxygen atoms in total. The van der Waals surface area contributed by atoms with Crippen molar-refractivity contribution in [3.63, 3.8) is 0 Å². The predicted octanol–water partition coefficient (Wildman–Crippen LogP) is 2.75. The number of rotatable bonds is 1. The first-order valence-corrected chi connectivity index (χ1v) is 7.74. The summed E-state index contributed by atoms with van der Waals surface area (Å²) in [6, 6.07) is 4.79. The second-order valence-electron chi connectivity index (χ2n) is 5.17. The SMILES string of the molecule is O=C1OC2(CCCC2)OC(=O)C1=Cc1ccc(O)c(I)c1. The van der Waals surface area contributed by atoms with Crippen molar-refractivity contribution in [1.29, 1.82) is 0 Å². The highest BCUT2D eigenvalue weighted by molar-refractivity contribution is 14.1. The molecule has 1 aliphatic heterocycles. The average Bonchev–Trinajstić information content (AvgIpc) is 2.86. The molecular weight excluding hydrogens is 387 g/mol. The van der Waals surface area contributed by atoms with Gasteiger partial charge in [-0.25, -0.2) is 9.59 Å². The van der Waals surface area contributed by atoms with Gasteiger partial charge in [-0.2, -0.15) is 0 Å². The van der Waals surface area contributed by atoms with Gasteiger partial charge in [0.2, 0.25) is 0 Å². The Kier molecular flexibility index (Phi) is 3.64. The summed E-state index contributed by atoms with van der Waals surface area (Å²) in [5.74, 6) is -2.18. The van der Waals surface area contributed by atoms with E-state index in [1.54, 1.807) is 12.1 Å². The molecule has 1 aliphatic carbocycles. The summed E-state index contributed by atoms with van der Waals surface area (Å²) in [6.45, 7) is 0. The van der Waals surface area contributed by atoms with Gasteiger partial charge in [-0.1, -0.05) is 6.07 Å². The second kappa shape index (κ2) is 5.32. The summed E-state index contributed by atoms with van der Waals surface area (Å²) in [6.07, 6.45) is 4.32. The molecule has 1 saturated heterocycles. The minimum Gasteiger partial charge on any atom is -0.507 e. The third-order valence-corrected chi connectivity index (χ3v) is 4.51. The summed E-state index contributed by atoms with van der Waals surface area (Å²) >= 11 is 1.97. The standard InChI is InChI=1S/C15H13IO5/c16-11-8-9(3-4-12(11)17)7-10-13(18)20-15(21-14(10)19)5-1-2-6-15/h3-4,7-8,17H,1-2,5-6H2. The molecule has 3 rings (SSSR count). The summed E-state index contributed by atoms with van der Waals surface area (Å²) in [4.78, 5) is 24.2. The lowest BCUT2D eigenvalue weighted by Crippen LogP contribution is -2.44. The molecule has 0 radical (unpaired) electrons. The number of halogens is 1. The highest BCUT2D eigenvalue weighted by atomic mass is 127. The maximum atomic E-state index is 12.1. The molecule has 1 N–H and O–H groups in total. The quantitative estimate of drug-likeness (QED) is 0.340. The van der Waals surface area contributed by atoms with E-state index in [1.807, 2.05) is 22.6 Å². The van der Waals surface area contributed by atoms with Gasteiger partial charge in [0.15, 0.2) is 0 Å². The molecule has 0 bridgehead atoms. The molecule has 21 heavy (non-hydrogen) atoms. The minimum atomic E-state index is -1.05. The van der Waals surface area contributed by atoms with Crippen molar-refractivity contribution < 1.29 is 24.2 Å². The molecule has 2 fully saturated rings. The van der Waals surface area contributed by atoms with Crippen LogP contribution in [-0.4, -0.2) is 22.8 Å². The van der Waals surface area contributed by atoms with E-state index in [0.717, 1.165) is 12.8 Å². The molecule has 1 aromatic carbocycles. The van der Waals surface area contributed by atoms with Gasteiger partial charge in [0.05, 0.1) is 3.57 Å². The molecule has 110 valence electrons. The van der Waals surface area contributed by atoms with E-state index in [-0.39, 0.29) is 11.3 Å². The molecule has 0 aromatic heterocycles. The maximum absolute atomic E-state index is 12.1. The van der Waals surface area contributed by atoms with Crippen LogP contribution in [0.15, 0.2) is 23.8 Å². The van der Waals surface area contributed by atoms with Gasteiger partial charge in [-0.15, -0.1) is 0 Å². The number of carbonyl (C=O) groups is 2. The Morgan fingerprint density at radius 3 is 2.33 bits per heavy atom. The lowest BCUT2D eigenvalue weighted by Gasteiger charge is -2.32. The van der Waals surface area contributed by atoms with Crippen LogP contribution in [0.25, 0.3) is 6.08 Å². The number of esters is 2. The van der Waals surface area contributed by atoms with Crippen molar-refractivity contribution in [2.45, 2.75) is 31.5 Å². The molecule has 1 saturated carbocycles. The van der Waals surface area contributed by atoms with Gasteiger partial charge in [0.25, 0.3) is 5.79 Å². The Morgan fingerprint density at radius 2 is 1.76 bits per heavy atom. The van der Waals surface area contributed by atoms with Crippen LogP contribution in [-0.2, 0) is 19.1 Å². The largest absolute Gasteiger partial charge is 0.507 e. The Balaban J connectivity index is 1.88. The molecule has 6 heteroatoms. The average molecular weight is 400 g/mol. The van der Waals surface area contributed by atoms with Gasteiger partial charge >= 0.3 is 11.9 Å². The first-order chi connectivity index (χ1) is 9.99. The maximum Gasteiger partial charge on any atom is 0.348 e. The van der Waals surface area contributed by atoms with Crippen molar-refractivity contribution in [1.82, 2.24) is 0 Å². The molecule has 1 spiro atoms. The van der Waals surface area contributed by atoms with Crippen molar-refractivity contribution >= 4 is 40.6 Å². The zero-order chi connectivity index (χ0) is 15.0. The van der Waals surface area contributed by atoms with Crippen LogP contribution in [0, 0.1) is 3.57 Å². The van der Waals surface area contributed by atoms with Gasteiger partial charge in [0, 0.05) is 12.8 Å². The monoisotopic (exact) mass is 400 g/mol. The second-order valence-corrected chi connectivity index (χ2v) is 6.33. The van der Waals surface area contributed by atoms with Crippen LogP contribution in [0.3, 0.4) is 0 Å². The molecule has 0 unspecified atom stereocenters. The molecule has 0 amide bonds. The number of phenols is 1. The number of hydrogen-bond acceptors (Lipinski definition) is 5.